The van der Waals surface area contributed by atoms with Gasteiger partial charge in [0.1, 0.15) is 0 Å². The van der Waals surface area contributed by atoms with Crippen molar-refractivity contribution in [2.45, 2.75) is 46.6 Å². The predicted octanol–water partition coefficient (Wildman–Crippen LogP) is 3.39. The molecule has 116 valence electrons. The van der Waals surface area contributed by atoms with Gasteiger partial charge in [-0.15, -0.1) is 0 Å². The van der Waals surface area contributed by atoms with Crippen LogP contribution in [0.25, 0.3) is 0 Å². The summed E-state index contributed by atoms with van der Waals surface area (Å²) >= 11 is 0. The SMILES string of the molecule is CC(C)Cc1ccc(C2(C)CN=C(N)N2CC(C)C)cc1. The average Bonchev–Trinajstić information content (AvgIpc) is 2.68. The zero-order valence-corrected chi connectivity index (χ0v) is 14.1. The monoisotopic (exact) mass is 287 g/mol. The topological polar surface area (TPSA) is 41.6 Å². The predicted molar refractivity (Wildman–Crippen MR) is 90.4 cm³/mol. The van der Waals surface area contributed by atoms with E-state index < -0.39 is 0 Å². The lowest BCUT2D eigenvalue weighted by Crippen LogP contribution is -2.49. The third-order valence-electron chi connectivity index (χ3n) is 4.19. The van der Waals surface area contributed by atoms with E-state index in [1.807, 2.05) is 0 Å². The van der Waals surface area contributed by atoms with Crippen molar-refractivity contribution in [1.82, 2.24) is 4.90 Å². The van der Waals surface area contributed by atoms with Crippen LogP contribution in [0.4, 0.5) is 0 Å². The molecular formula is C18H29N3. The molecule has 0 fully saturated rings. The van der Waals surface area contributed by atoms with Crippen LogP contribution in [-0.4, -0.2) is 23.9 Å². The van der Waals surface area contributed by atoms with Gasteiger partial charge in [0.05, 0.1) is 12.1 Å². The third kappa shape index (κ3) is 3.39. The van der Waals surface area contributed by atoms with Crippen molar-refractivity contribution in [2.24, 2.45) is 22.6 Å². The molecule has 1 aromatic rings. The van der Waals surface area contributed by atoms with Crippen LogP contribution in [0.5, 0.6) is 0 Å². The summed E-state index contributed by atoms with van der Waals surface area (Å²) in [5, 5.41) is 0. The summed E-state index contributed by atoms with van der Waals surface area (Å²) in [5.41, 5.74) is 8.71. The minimum atomic E-state index is -0.106. The first kappa shape index (κ1) is 15.9. The summed E-state index contributed by atoms with van der Waals surface area (Å²) in [6.45, 7) is 12.9. The number of nitrogens with two attached hydrogens (primary N) is 1. The van der Waals surface area contributed by atoms with Gasteiger partial charge in [0.15, 0.2) is 5.96 Å². The van der Waals surface area contributed by atoms with Crippen LogP contribution in [0.3, 0.4) is 0 Å². The molecule has 1 heterocycles. The number of hydrogen-bond acceptors (Lipinski definition) is 3. The second-order valence-electron chi connectivity index (χ2n) is 7.25. The molecule has 0 saturated carbocycles. The Hall–Kier alpha value is -1.51. The zero-order chi connectivity index (χ0) is 15.6. The largest absolute Gasteiger partial charge is 0.370 e. The number of benzene rings is 1. The molecule has 3 heteroatoms. The highest BCUT2D eigenvalue weighted by molar-refractivity contribution is 5.81. The second-order valence-corrected chi connectivity index (χ2v) is 7.25. The van der Waals surface area contributed by atoms with Crippen LogP contribution < -0.4 is 5.73 Å². The van der Waals surface area contributed by atoms with E-state index in [0.717, 1.165) is 19.5 Å². The van der Waals surface area contributed by atoms with Crippen LogP contribution in [-0.2, 0) is 12.0 Å². The Labute approximate surface area is 129 Å². The summed E-state index contributed by atoms with van der Waals surface area (Å²) in [5.74, 6) is 1.93. The van der Waals surface area contributed by atoms with Gasteiger partial charge in [0.25, 0.3) is 0 Å². The first-order chi connectivity index (χ1) is 9.83. The van der Waals surface area contributed by atoms with E-state index in [0.29, 0.717) is 17.8 Å². The quantitative estimate of drug-likeness (QED) is 0.902. The van der Waals surface area contributed by atoms with Gasteiger partial charge >= 0.3 is 0 Å². The molecule has 3 nitrogen and oxygen atoms in total. The summed E-state index contributed by atoms with van der Waals surface area (Å²) in [7, 11) is 0. The molecule has 0 spiro atoms. The number of nitrogens with zero attached hydrogens (tertiary/aromatic N) is 2. The lowest BCUT2D eigenvalue weighted by molar-refractivity contribution is 0.204. The Morgan fingerprint density at radius 2 is 1.76 bits per heavy atom. The molecule has 1 aliphatic rings. The lowest BCUT2D eigenvalue weighted by atomic mass is 9.89. The highest BCUT2D eigenvalue weighted by Crippen LogP contribution is 2.33. The number of aliphatic imine (C=N–C) groups is 1. The van der Waals surface area contributed by atoms with Crippen LogP contribution in [0.15, 0.2) is 29.3 Å². The fourth-order valence-electron chi connectivity index (χ4n) is 3.04. The lowest BCUT2D eigenvalue weighted by Gasteiger charge is -2.38. The zero-order valence-electron chi connectivity index (χ0n) is 14.1. The minimum Gasteiger partial charge on any atom is -0.370 e. The van der Waals surface area contributed by atoms with Gasteiger partial charge in [0.2, 0.25) is 0 Å². The fourth-order valence-corrected chi connectivity index (χ4v) is 3.04. The van der Waals surface area contributed by atoms with Gasteiger partial charge in [0, 0.05) is 6.54 Å². The Balaban J connectivity index is 2.22. The molecule has 2 N–H and O–H groups in total. The molecule has 0 amide bonds. The van der Waals surface area contributed by atoms with Gasteiger partial charge in [-0.1, -0.05) is 52.0 Å². The van der Waals surface area contributed by atoms with E-state index in [4.69, 9.17) is 5.73 Å². The molecule has 2 rings (SSSR count). The number of hydrogen-bond donors (Lipinski definition) is 1. The maximum absolute atomic E-state index is 6.11. The van der Waals surface area contributed by atoms with Crippen molar-refractivity contribution < 1.29 is 0 Å². The molecule has 0 aliphatic carbocycles. The van der Waals surface area contributed by atoms with Gasteiger partial charge in [-0.2, -0.15) is 0 Å². The molecule has 1 aliphatic heterocycles. The van der Waals surface area contributed by atoms with Gasteiger partial charge < -0.3 is 10.6 Å². The smallest absolute Gasteiger partial charge is 0.192 e. The van der Waals surface area contributed by atoms with E-state index in [1.54, 1.807) is 0 Å². The highest BCUT2D eigenvalue weighted by atomic mass is 15.4. The Morgan fingerprint density at radius 1 is 1.14 bits per heavy atom. The van der Waals surface area contributed by atoms with Crippen molar-refractivity contribution in [3.8, 4) is 0 Å². The van der Waals surface area contributed by atoms with E-state index in [1.165, 1.54) is 11.1 Å². The van der Waals surface area contributed by atoms with Crippen LogP contribution in [0, 0.1) is 11.8 Å². The third-order valence-corrected chi connectivity index (χ3v) is 4.19. The average molecular weight is 287 g/mol. The number of guanidine groups is 1. The van der Waals surface area contributed by atoms with Crippen molar-refractivity contribution >= 4 is 5.96 Å². The molecule has 0 radical (unpaired) electrons. The Bertz CT molecular complexity index is 502. The van der Waals surface area contributed by atoms with E-state index in [-0.39, 0.29) is 5.54 Å². The van der Waals surface area contributed by atoms with Crippen LogP contribution in [0.2, 0.25) is 0 Å². The van der Waals surface area contributed by atoms with Crippen molar-refractivity contribution in [2.75, 3.05) is 13.1 Å². The standard InChI is InChI=1S/C18H29N3/c1-13(2)10-15-6-8-16(9-7-15)18(5)12-20-17(19)21(18)11-14(3)4/h6-9,13-14H,10-12H2,1-5H3,(H2,19,20). The maximum Gasteiger partial charge on any atom is 0.192 e. The van der Waals surface area contributed by atoms with E-state index in [9.17, 15) is 0 Å². The molecule has 0 aromatic heterocycles. The van der Waals surface area contributed by atoms with Crippen molar-refractivity contribution in [3.05, 3.63) is 35.4 Å². The normalized spacial score (nSPS) is 22.2. The first-order valence-corrected chi connectivity index (χ1v) is 8.00. The summed E-state index contributed by atoms with van der Waals surface area (Å²) < 4.78 is 0. The Kier molecular flexibility index (Phi) is 4.60. The van der Waals surface area contributed by atoms with Crippen molar-refractivity contribution in [3.63, 3.8) is 0 Å². The maximum atomic E-state index is 6.11. The number of rotatable bonds is 5. The summed E-state index contributed by atoms with van der Waals surface area (Å²) in [6.07, 6.45) is 1.13. The van der Waals surface area contributed by atoms with Gasteiger partial charge in [-0.05, 0) is 36.3 Å². The van der Waals surface area contributed by atoms with Gasteiger partial charge in [-0.25, -0.2) is 0 Å². The van der Waals surface area contributed by atoms with E-state index >= 15 is 0 Å². The minimum absolute atomic E-state index is 0.106. The summed E-state index contributed by atoms with van der Waals surface area (Å²) in [6, 6.07) is 9.00. The van der Waals surface area contributed by atoms with Gasteiger partial charge in [-0.3, -0.25) is 4.99 Å². The summed E-state index contributed by atoms with van der Waals surface area (Å²) in [4.78, 5) is 6.75. The molecule has 1 aromatic carbocycles. The molecular weight excluding hydrogens is 258 g/mol. The van der Waals surface area contributed by atoms with E-state index in [2.05, 4.69) is 68.8 Å². The fraction of sp³-hybridized carbons (Fsp3) is 0.611. The highest BCUT2D eigenvalue weighted by Gasteiger charge is 2.39. The van der Waals surface area contributed by atoms with Crippen LogP contribution >= 0.6 is 0 Å². The molecule has 1 unspecified atom stereocenters. The molecule has 21 heavy (non-hydrogen) atoms. The van der Waals surface area contributed by atoms with Crippen LogP contribution in [0.1, 0.15) is 45.7 Å². The second kappa shape index (κ2) is 6.08. The molecule has 0 bridgehead atoms. The first-order valence-electron chi connectivity index (χ1n) is 8.00. The molecule has 1 atom stereocenters. The molecule has 0 saturated heterocycles. The van der Waals surface area contributed by atoms with Crippen molar-refractivity contribution in [1.29, 1.82) is 0 Å². The Morgan fingerprint density at radius 3 is 2.29 bits per heavy atom.